The van der Waals surface area contributed by atoms with Crippen molar-refractivity contribution in [3.63, 3.8) is 0 Å². The maximum absolute atomic E-state index is 12.6. The monoisotopic (exact) mass is 1620 g/mol. The van der Waals surface area contributed by atoms with E-state index in [0.29, 0.717) is 0 Å². The van der Waals surface area contributed by atoms with Gasteiger partial charge in [-0.2, -0.15) is 0 Å². The second kappa shape index (κ2) is 32.2. The highest BCUT2D eigenvalue weighted by molar-refractivity contribution is 7.78. The number of allylic oxidation sites excluding steroid dienone is 4. The Balaban J connectivity index is 0.0000000921. The first-order valence-electron chi connectivity index (χ1n) is 43.3. The van der Waals surface area contributed by atoms with Gasteiger partial charge in [0.05, 0.1) is 16.6 Å². The number of para-hydroxylation sites is 6. The second-order valence-corrected chi connectivity index (χ2v) is 37.0. The van der Waals surface area contributed by atoms with Gasteiger partial charge in [-0.3, -0.25) is 0 Å². The van der Waals surface area contributed by atoms with E-state index in [9.17, 15) is 4.57 Å². The number of fused-ring (bicyclic) bond motifs is 22. The van der Waals surface area contributed by atoms with E-state index in [1.807, 2.05) is 67.3 Å². The number of hydrogen-bond acceptors (Lipinski definition) is 1. The maximum atomic E-state index is 12.6. The quantitative estimate of drug-likeness (QED) is 0.162. The minimum absolute atomic E-state index is 0.153. The summed E-state index contributed by atoms with van der Waals surface area (Å²) in [7, 11) is 4.06. The predicted molar refractivity (Wildman–Crippen MR) is 535 cm³/mol. The van der Waals surface area contributed by atoms with Crippen LogP contribution in [-0.4, -0.2) is 24.9 Å². The van der Waals surface area contributed by atoms with E-state index < -0.39 is 7.14 Å². The summed E-state index contributed by atoms with van der Waals surface area (Å²) in [5, 5.41) is 20.7. The van der Waals surface area contributed by atoms with Crippen LogP contribution in [0.2, 0.25) is 0 Å². The third kappa shape index (κ3) is 13.6. The summed E-state index contributed by atoms with van der Waals surface area (Å²) in [6.45, 7) is 13.1. The summed E-state index contributed by atoms with van der Waals surface area (Å²) >= 11 is 0. The lowest BCUT2D eigenvalue weighted by Crippen LogP contribution is -2.17. The van der Waals surface area contributed by atoms with Crippen LogP contribution in [0.4, 0.5) is 0 Å². The molecule has 0 amide bonds. The predicted octanol–water partition coefficient (Wildman–Crippen LogP) is 30.9. The summed E-state index contributed by atoms with van der Waals surface area (Å²) < 4.78 is 21.8. The van der Waals surface area contributed by atoms with E-state index in [4.69, 9.17) is 0 Å². The third-order valence-corrected chi connectivity index (χ3v) is 28.9. The van der Waals surface area contributed by atoms with Gasteiger partial charge in [-0.15, -0.1) is 0 Å². The number of aryl methyl sites for hydroxylation is 6. The smallest absolute Gasteiger partial charge is 0.140 e. The third-order valence-electron chi connectivity index (χ3n) is 26.3. The fraction of sp³-hybridized carbons (Fsp3) is 0.102. The molecule has 0 N–H and O–H groups in total. The molecular formula is C118H97N4OP. The maximum Gasteiger partial charge on any atom is 0.140 e. The number of benzene rings is 18. The molecule has 0 spiro atoms. The Morgan fingerprint density at radius 1 is 0.306 bits per heavy atom. The van der Waals surface area contributed by atoms with Crippen molar-refractivity contribution in [3.05, 3.63) is 434 Å². The van der Waals surface area contributed by atoms with Gasteiger partial charge in [-0.05, 0) is 201 Å². The van der Waals surface area contributed by atoms with Crippen LogP contribution in [0, 0.1) is 20.8 Å². The van der Waals surface area contributed by atoms with E-state index >= 15 is 0 Å². The summed E-state index contributed by atoms with van der Waals surface area (Å²) in [4.78, 5) is 0. The summed E-state index contributed by atoms with van der Waals surface area (Å²) in [6.07, 6.45) is 7.06. The zero-order chi connectivity index (χ0) is 84.5. The Morgan fingerprint density at radius 3 is 1.34 bits per heavy atom. The molecule has 5 nitrogen and oxygen atoms in total. The van der Waals surface area contributed by atoms with Crippen molar-refractivity contribution in [2.24, 2.45) is 21.1 Å². The van der Waals surface area contributed by atoms with Crippen LogP contribution >= 0.6 is 7.14 Å². The summed E-state index contributed by atoms with van der Waals surface area (Å²) in [5.74, 6) is 0. The van der Waals surface area contributed by atoms with Crippen LogP contribution in [0.15, 0.2) is 406 Å². The molecule has 22 aromatic rings. The van der Waals surface area contributed by atoms with Crippen molar-refractivity contribution in [3.8, 4) is 50.2 Å². The first-order valence-corrected chi connectivity index (χ1v) is 45.4. The fourth-order valence-electron chi connectivity index (χ4n) is 20.2. The van der Waals surface area contributed by atoms with Crippen molar-refractivity contribution in [2.45, 2.75) is 52.9 Å². The molecule has 600 valence electrons. The van der Waals surface area contributed by atoms with E-state index in [-0.39, 0.29) is 5.41 Å². The van der Waals surface area contributed by atoms with Crippen LogP contribution in [-0.2, 0) is 31.1 Å². The molecule has 6 heteroatoms. The van der Waals surface area contributed by atoms with Crippen molar-refractivity contribution < 1.29 is 4.57 Å². The largest absolute Gasteiger partial charge is 0.344 e. The minimum atomic E-state index is -2.40. The molecule has 0 fully saturated rings. The van der Waals surface area contributed by atoms with Crippen LogP contribution in [0.3, 0.4) is 0 Å². The molecule has 0 unspecified atom stereocenters. The van der Waals surface area contributed by atoms with Gasteiger partial charge in [0, 0.05) is 119 Å². The molecule has 4 aromatic heterocycles. The van der Waals surface area contributed by atoms with Crippen LogP contribution in [0.5, 0.6) is 0 Å². The van der Waals surface area contributed by atoms with Crippen molar-refractivity contribution >= 4 is 143 Å². The molecule has 26 rings (SSSR count). The average Bonchev–Trinajstić information content (AvgIpc) is 1.56. The molecule has 4 heterocycles. The lowest BCUT2D eigenvalue weighted by Gasteiger charge is -2.25. The lowest BCUT2D eigenvalue weighted by molar-refractivity contribution is 0.590. The SMILES string of the molecule is CP(=O)(c1ccccc1)c1ccccc1.Cc1ccc2c(c1)-c1cccc3cccc-2c13.Cc1ccc2c(c1)c1ccccc1n2-c1ccccc1.Cc1cccc2c1-c1cccc3cccc-2c13.Cn1c2ccccc2c2cc3c(cc21)C(C)(C)C1=C3C=CCC1.Cn1c2ccccc2c2ccc3ccccc3c21.Cn1c2ccccc2c2ccccc21. The first kappa shape index (κ1) is 78.2. The van der Waals surface area contributed by atoms with Gasteiger partial charge in [-0.1, -0.05) is 364 Å². The normalized spacial score (nSPS) is 12.8. The van der Waals surface area contributed by atoms with Crippen molar-refractivity contribution in [2.75, 3.05) is 6.66 Å². The van der Waals surface area contributed by atoms with Crippen LogP contribution in [0.25, 0.3) is 175 Å². The van der Waals surface area contributed by atoms with Crippen LogP contribution < -0.4 is 10.6 Å². The molecule has 0 radical (unpaired) electrons. The molecule has 4 aliphatic rings. The average molecular weight is 1620 g/mol. The first-order chi connectivity index (χ1) is 60.6. The van der Waals surface area contributed by atoms with E-state index in [1.54, 1.807) is 5.57 Å². The summed E-state index contributed by atoms with van der Waals surface area (Å²) in [6, 6.07) is 137. The Hall–Kier alpha value is -14.4. The number of hydrogen-bond donors (Lipinski definition) is 0. The van der Waals surface area contributed by atoms with Gasteiger partial charge in [0.1, 0.15) is 7.14 Å². The standard InChI is InChI=1S/C22H21N.C19H15N.C17H13N.2C17H12.C13H11N.C13H13OP/c1-22(2)18-10-6-4-8-14(18)16-12-17-15-9-5-7-11-20(15)23(3)21(17)13-19(16)22;1-14-11-12-19-17(13-14)16-9-5-6-10-18(16)20(19)15-7-3-2-4-8-15;1-18-16-9-5-4-8-14(16)15-11-10-12-6-2-3-7-13(12)17(15)18;1-11-5-2-8-13-14-9-3-6-12-7-4-10-15(16(11)13)17(12)14;1-11-8-9-13-14-6-2-4-12-5-3-7-15(17(12)14)16(13)10-11;1-14-12-8-4-2-6-10(12)11-7-3-5-9-13(11)14;1-15(14,12-8-4-2-5-9-12)13-10-6-3-7-11-13/h4-5,7-9,11-13H,6,10H2,1-3H3;2-13H,1H3;2-11H,1H3;2*2-10H,1H3;2-9H,1H3;2-11H,1H3. The number of aromatic nitrogens is 4. The molecular weight excluding hydrogens is 1520 g/mol. The fourth-order valence-corrected chi connectivity index (χ4v) is 22.0. The second-order valence-electron chi connectivity index (χ2n) is 34.1. The Bertz CT molecular complexity index is 7950. The van der Waals surface area contributed by atoms with E-state index in [2.05, 4.69) is 414 Å². The van der Waals surface area contributed by atoms with Gasteiger partial charge in [-0.25, -0.2) is 0 Å². The van der Waals surface area contributed by atoms with Crippen molar-refractivity contribution in [1.29, 1.82) is 0 Å². The minimum Gasteiger partial charge on any atom is -0.344 e. The molecule has 0 saturated carbocycles. The Morgan fingerprint density at radius 2 is 0.734 bits per heavy atom. The van der Waals surface area contributed by atoms with Crippen molar-refractivity contribution in [1.82, 2.24) is 18.3 Å². The Labute approximate surface area is 725 Å². The molecule has 0 saturated heterocycles. The number of rotatable bonds is 3. The highest BCUT2D eigenvalue weighted by Gasteiger charge is 2.38. The molecule has 0 bridgehead atoms. The van der Waals surface area contributed by atoms with Gasteiger partial charge < -0.3 is 22.8 Å². The van der Waals surface area contributed by atoms with Crippen LogP contribution in [0.1, 0.15) is 54.5 Å². The topological polar surface area (TPSA) is 36.8 Å². The molecule has 124 heavy (non-hydrogen) atoms. The Kier molecular flexibility index (Phi) is 20.3. The molecule has 4 aliphatic carbocycles. The molecule has 0 aliphatic heterocycles. The molecule has 0 atom stereocenters. The zero-order valence-corrected chi connectivity index (χ0v) is 72.6. The zero-order valence-electron chi connectivity index (χ0n) is 71.7. The van der Waals surface area contributed by atoms with Gasteiger partial charge in [0.25, 0.3) is 0 Å². The lowest BCUT2D eigenvalue weighted by atomic mass is 9.78. The van der Waals surface area contributed by atoms with Gasteiger partial charge in [0.15, 0.2) is 0 Å². The molecule has 18 aromatic carbocycles. The summed E-state index contributed by atoms with van der Waals surface area (Å²) in [5.41, 5.74) is 32.9. The number of nitrogens with zero attached hydrogens (tertiary/aromatic N) is 4. The highest BCUT2D eigenvalue weighted by atomic mass is 31.2. The highest BCUT2D eigenvalue weighted by Crippen LogP contribution is 2.53. The van der Waals surface area contributed by atoms with E-state index in [0.717, 1.165) is 10.6 Å². The van der Waals surface area contributed by atoms with Gasteiger partial charge in [0.2, 0.25) is 0 Å². The van der Waals surface area contributed by atoms with E-state index in [1.165, 1.54) is 216 Å². The van der Waals surface area contributed by atoms with Gasteiger partial charge >= 0.3 is 0 Å².